The molecule has 0 fully saturated rings. The van der Waals surface area contributed by atoms with Gasteiger partial charge >= 0.3 is 0 Å². The number of rotatable bonds is 4. The molecular formula is C13H19N3OS. The van der Waals surface area contributed by atoms with Gasteiger partial charge in [-0.2, -0.15) is 5.10 Å². The molecular weight excluding hydrogens is 246 g/mol. The SMILES string of the molecule is CCn1nc(C)cc1CC(O)c1sc(C)nc1C. The first-order valence-electron chi connectivity index (χ1n) is 6.16. The second-order valence-electron chi connectivity index (χ2n) is 4.50. The van der Waals surface area contributed by atoms with E-state index in [1.165, 1.54) is 0 Å². The van der Waals surface area contributed by atoms with Crippen molar-refractivity contribution in [3.63, 3.8) is 0 Å². The van der Waals surface area contributed by atoms with Gasteiger partial charge in [-0.05, 0) is 33.8 Å². The van der Waals surface area contributed by atoms with Gasteiger partial charge in [0.15, 0.2) is 0 Å². The summed E-state index contributed by atoms with van der Waals surface area (Å²) in [5.41, 5.74) is 3.01. The molecule has 98 valence electrons. The van der Waals surface area contributed by atoms with Crippen LogP contribution in [0.5, 0.6) is 0 Å². The Kier molecular flexibility index (Phi) is 3.82. The standard InChI is InChI=1S/C13H19N3OS/c1-5-16-11(6-8(2)15-16)7-12(17)13-9(3)14-10(4)18-13/h6,12,17H,5,7H2,1-4H3. The van der Waals surface area contributed by atoms with Gasteiger partial charge < -0.3 is 5.11 Å². The molecule has 2 heterocycles. The van der Waals surface area contributed by atoms with E-state index < -0.39 is 6.10 Å². The highest BCUT2D eigenvalue weighted by Crippen LogP contribution is 2.27. The van der Waals surface area contributed by atoms with Crippen LogP contribution in [0.1, 0.15) is 40.0 Å². The highest BCUT2D eigenvalue weighted by Gasteiger charge is 2.17. The second kappa shape index (κ2) is 5.20. The summed E-state index contributed by atoms with van der Waals surface area (Å²) in [7, 11) is 0. The van der Waals surface area contributed by atoms with Crippen molar-refractivity contribution in [3.05, 3.63) is 33.0 Å². The number of aliphatic hydroxyl groups is 1. The average molecular weight is 265 g/mol. The van der Waals surface area contributed by atoms with Crippen LogP contribution in [0.25, 0.3) is 0 Å². The quantitative estimate of drug-likeness (QED) is 0.924. The third-order valence-electron chi connectivity index (χ3n) is 2.93. The first kappa shape index (κ1) is 13.2. The smallest absolute Gasteiger partial charge is 0.0955 e. The predicted molar refractivity (Wildman–Crippen MR) is 72.9 cm³/mol. The minimum Gasteiger partial charge on any atom is -0.387 e. The van der Waals surface area contributed by atoms with Crippen molar-refractivity contribution in [1.82, 2.24) is 14.8 Å². The Hall–Kier alpha value is -1.20. The zero-order valence-corrected chi connectivity index (χ0v) is 12.1. The van der Waals surface area contributed by atoms with E-state index in [0.29, 0.717) is 6.42 Å². The Morgan fingerprint density at radius 3 is 2.67 bits per heavy atom. The second-order valence-corrected chi connectivity index (χ2v) is 5.73. The molecule has 5 heteroatoms. The Bertz CT molecular complexity index is 544. The van der Waals surface area contributed by atoms with Crippen LogP contribution in [-0.4, -0.2) is 19.9 Å². The summed E-state index contributed by atoms with van der Waals surface area (Å²) in [6, 6.07) is 2.04. The van der Waals surface area contributed by atoms with Crippen LogP contribution in [0.15, 0.2) is 6.07 Å². The summed E-state index contributed by atoms with van der Waals surface area (Å²) in [5, 5.41) is 15.7. The van der Waals surface area contributed by atoms with Gasteiger partial charge in [-0.15, -0.1) is 11.3 Å². The van der Waals surface area contributed by atoms with Crippen molar-refractivity contribution in [2.45, 2.75) is 46.8 Å². The molecule has 2 rings (SSSR count). The summed E-state index contributed by atoms with van der Waals surface area (Å²) in [6.45, 7) is 8.78. The molecule has 18 heavy (non-hydrogen) atoms. The summed E-state index contributed by atoms with van der Waals surface area (Å²) in [4.78, 5) is 5.32. The normalized spacial score (nSPS) is 12.9. The molecule has 1 unspecified atom stereocenters. The molecule has 4 nitrogen and oxygen atoms in total. The van der Waals surface area contributed by atoms with Gasteiger partial charge in [-0.3, -0.25) is 4.68 Å². The Balaban J connectivity index is 2.20. The van der Waals surface area contributed by atoms with Crippen LogP contribution in [0.3, 0.4) is 0 Å². The third-order valence-corrected chi connectivity index (χ3v) is 4.10. The number of aryl methyl sites for hydroxylation is 4. The van der Waals surface area contributed by atoms with Crippen LogP contribution >= 0.6 is 11.3 Å². The fourth-order valence-electron chi connectivity index (χ4n) is 2.18. The molecule has 0 bridgehead atoms. The van der Waals surface area contributed by atoms with Gasteiger partial charge in [-0.1, -0.05) is 0 Å². The van der Waals surface area contributed by atoms with Crippen molar-refractivity contribution >= 4 is 11.3 Å². The van der Waals surface area contributed by atoms with E-state index in [4.69, 9.17) is 0 Å². The molecule has 0 amide bonds. The Morgan fingerprint density at radius 2 is 2.11 bits per heavy atom. The van der Waals surface area contributed by atoms with E-state index in [1.807, 2.05) is 31.5 Å². The lowest BCUT2D eigenvalue weighted by atomic mass is 10.1. The molecule has 0 aliphatic heterocycles. The number of thiazole rings is 1. The molecule has 1 atom stereocenters. The minimum absolute atomic E-state index is 0.488. The summed E-state index contributed by atoms with van der Waals surface area (Å²) in [6.07, 6.45) is 0.106. The van der Waals surface area contributed by atoms with Crippen LogP contribution < -0.4 is 0 Å². The van der Waals surface area contributed by atoms with Crippen LogP contribution in [0.2, 0.25) is 0 Å². The Morgan fingerprint density at radius 1 is 1.39 bits per heavy atom. The molecule has 1 N–H and O–H groups in total. The van der Waals surface area contributed by atoms with E-state index in [0.717, 1.165) is 33.5 Å². The predicted octanol–water partition coefficient (Wildman–Crippen LogP) is 2.56. The maximum Gasteiger partial charge on any atom is 0.0955 e. The highest BCUT2D eigenvalue weighted by molar-refractivity contribution is 7.11. The molecule has 0 aliphatic rings. The molecule has 0 saturated heterocycles. The van der Waals surface area contributed by atoms with Crippen LogP contribution in [-0.2, 0) is 13.0 Å². The summed E-state index contributed by atoms with van der Waals surface area (Å²) >= 11 is 1.57. The average Bonchev–Trinajstić information content (AvgIpc) is 2.81. The topological polar surface area (TPSA) is 50.9 Å². The molecule has 2 aromatic rings. The van der Waals surface area contributed by atoms with E-state index in [-0.39, 0.29) is 0 Å². The number of aromatic nitrogens is 3. The molecule has 0 aliphatic carbocycles. The summed E-state index contributed by atoms with van der Waals surface area (Å²) in [5.74, 6) is 0. The lowest BCUT2D eigenvalue weighted by molar-refractivity contribution is 0.178. The van der Waals surface area contributed by atoms with Crippen LogP contribution in [0, 0.1) is 20.8 Å². The Labute approximate surface area is 111 Å². The van der Waals surface area contributed by atoms with Crippen molar-refractivity contribution in [2.75, 3.05) is 0 Å². The largest absolute Gasteiger partial charge is 0.387 e. The van der Waals surface area contributed by atoms with Gasteiger partial charge in [0.2, 0.25) is 0 Å². The maximum absolute atomic E-state index is 10.3. The molecule has 0 spiro atoms. The van der Waals surface area contributed by atoms with Crippen LogP contribution in [0.4, 0.5) is 0 Å². The van der Waals surface area contributed by atoms with Gasteiger partial charge in [-0.25, -0.2) is 4.98 Å². The van der Waals surface area contributed by atoms with Crippen molar-refractivity contribution in [3.8, 4) is 0 Å². The maximum atomic E-state index is 10.3. The lowest BCUT2D eigenvalue weighted by Gasteiger charge is -2.10. The first-order valence-corrected chi connectivity index (χ1v) is 6.98. The van der Waals surface area contributed by atoms with Gasteiger partial charge in [0.25, 0.3) is 0 Å². The fourth-order valence-corrected chi connectivity index (χ4v) is 3.10. The first-order chi connectivity index (χ1) is 8.51. The zero-order chi connectivity index (χ0) is 13.3. The number of aliphatic hydroxyl groups excluding tert-OH is 1. The number of hydrogen-bond acceptors (Lipinski definition) is 4. The molecule has 0 radical (unpaired) electrons. The third kappa shape index (κ3) is 2.62. The lowest BCUT2D eigenvalue weighted by Crippen LogP contribution is -2.08. The van der Waals surface area contributed by atoms with E-state index in [9.17, 15) is 5.11 Å². The van der Waals surface area contributed by atoms with Gasteiger partial charge in [0.1, 0.15) is 0 Å². The summed E-state index contributed by atoms with van der Waals surface area (Å²) < 4.78 is 1.95. The minimum atomic E-state index is -0.488. The number of hydrogen-bond donors (Lipinski definition) is 1. The zero-order valence-electron chi connectivity index (χ0n) is 11.3. The highest BCUT2D eigenvalue weighted by atomic mass is 32.1. The van der Waals surface area contributed by atoms with Crippen molar-refractivity contribution in [2.24, 2.45) is 0 Å². The molecule has 0 saturated carbocycles. The fraction of sp³-hybridized carbons (Fsp3) is 0.538. The van der Waals surface area contributed by atoms with E-state index >= 15 is 0 Å². The van der Waals surface area contributed by atoms with E-state index in [1.54, 1.807) is 11.3 Å². The van der Waals surface area contributed by atoms with Crippen molar-refractivity contribution < 1.29 is 5.11 Å². The van der Waals surface area contributed by atoms with Gasteiger partial charge in [0, 0.05) is 18.7 Å². The monoisotopic (exact) mass is 265 g/mol. The van der Waals surface area contributed by atoms with Gasteiger partial charge in [0.05, 0.1) is 27.4 Å². The molecule has 2 aromatic heterocycles. The van der Waals surface area contributed by atoms with E-state index in [2.05, 4.69) is 17.0 Å². The van der Waals surface area contributed by atoms with Crippen molar-refractivity contribution in [1.29, 1.82) is 0 Å². The molecule has 0 aromatic carbocycles. The number of nitrogens with zero attached hydrogens (tertiary/aromatic N) is 3.